The number of anilines is 1. The van der Waals surface area contributed by atoms with Crippen LogP contribution in [-0.4, -0.2) is 59.3 Å². The number of halogens is 2. The highest BCUT2D eigenvalue weighted by atomic mass is 19.1. The summed E-state index contributed by atoms with van der Waals surface area (Å²) < 4.78 is 47.8. The van der Waals surface area contributed by atoms with E-state index in [1.807, 2.05) is 41.1 Å². The molecule has 2 aliphatic rings. The first kappa shape index (κ1) is 31.4. The van der Waals surface area contributed by atoms with Crippen LogP contribution in [0.2, 0.25) is 0 Å². The Bertz CT molecular complexity index is 1890. The van der Waals surface area contributed by atoms with Gasteiger partial charge in [-0.3, -0.25) is 15.3 Å². The zero-order valence-corrected chi connectivity index (χ0v) is 25.6. The lowest BCUT2D eigenvalue weighted by Crippen LogP contribution is -2.46. The number of hydrogen-bond donors (Lipinski definition) is 3. The number of hydrogen-bond acceptors (Lipinski definition) is 10. The Morgan fingerprint density at radius 3 is 2.60 bits per heavy atom. The number of carbonyl (C=O) groups excluding carboxylic acids is 1. The van der Waals surface area contributed by atoms with Crippen LogP contribution in [0.15, 0.2) is 71.9 Å². The number of esters is 1. The van der Waals surface area contributed by atoms with Crippen molar-refractivity contribution < 1.29 is 32.9 Å². The molecule has 2 unspecified atom stereocenters. The standard InChI is InChI=1S/C34H32F2N6O5/c1-3-45-34(44)25-14-19-6-4-5-7-21(19)18-42(25)22-9-11-27(23(16-22)32-39-12-13-41(32)2)46-30-24(35)17-40-33(29(30)36)47-28-15-20(31(37)38)8-10-26(28)43/h4-12,15-17,25,32,43H,3,13-14,18H2,1-2H3,(H3,37,38). The third-order valence-electron chi connectivity index (χ3n) is 8.03. The number of fused-ring (bicyclic) bond motifs is 1. The number of pyridine rings is 1. The number of amidine groups is 1. The second-order valence-corrected chi connectivity index (χ2v) is 11.1. The van der Waals surface area contributed by atoms with Gasteiger partial charge in [-0.2, -0.15) is 4.39 Å². The van der Waals surface area contributed by atoms with E-state index in [1.165, 1.54) is 18.2 Å². The molecule has 242 valence electrons. The number of aliphatic imine (C=N–C) groups is 1. The number of rotatable bonds is 9. The van der Waals surface area contributed by atoms with Gasteiger partial charge in [0.25, 0.3) is 5.88 Å². The van der Waals surface area contributed by atoms with Crippen molar-refractivity contribution in [3.8, 4) is 28.9 Å². The second kappa shape index (κ2) is 13.0. The number of aromatic hydroxyl groups is 1. The maximum Gasteiger partial charge on any atom is 0.329 e. The monoisotopic (exact) mass is 642 g/mol. The van der Waals surface area contributed by atoms with Gasteiger partial charge in [0.1, 0.15) is 23.8 Å². The number of nitrogens with zero attached hydrogens (tertiary/aromatic N) is 4. The van der Waals surface area contributed by atoms with Gasteiger partial charge in [0.05, 0.1) is 12.8 Å². The zero-order valence-electron chi connectivity index (χ0n) is 25.6. The van der Waals surface area contributed by atoms with E-state index in [2.05, 4.69) is 9.98 Å². The van der Waals surface area contributed by atoms with E-state index < -0.39 is 35.5 Å². The largest absolute Gasteiger partial charge is 0.504 e. The molecule has 1 aromatic heterocycles. The fourth-order valence-electron chi connectivity index (χ4n) is 5.63. The first-order valence-electron chi connectivity index (χ1n) is 14.9. The lowest BCUT2D eigenvalue weighted by molar-refractivity contribution is -0.144. The molecule has 6 rings (SSSR count). The van der Waals surface area contributed by atoms with Gasteiger partial charge in [0.2, 0.25) is 11.6 Å². The minimum absolute atomic E-state index is 0.117. The number of nitrogens with two attached hydrogens (primary N) is 1. The van der Waals surface area contributed by atoms with E-state index in [-0.39, 0.29) is 41.2 Å². The molecule has 47 heavy (non-hydrogen) atoms. The molecular formula is C34H32F2N6O5. The summed E-state index contributed by atoms with van der Waals surface area (Å²) in [5, 5.41) is 17.9. The van der Waals surface area contributed by atoms with Crippen molar-refractivity contribution in [1.29, 1.82) is 5.41 Å². The topological polar surface area (TPSA) is 147 Å². The van der Waals surface area contributed by atoms with E-state index >= 15 is 8.78 Å². The van der Waals surface area contributed by atoms with E-state index in [0.29, 0.717) is 30.8 Å². The maximum atomic E-state index is 15.8. The van der Waals surface area contributed by atoms with E-state index in [4.69, 9.17) is 25.4 Å². The van der Waals surface area contributed by atoms with Crippen LogP contribution in [0, 0.1) is 17.0 Å². The summed E-state index contributed by atoms with van der Waals surface area (Å²) in [7, 11) is 1.86. The van der Waals surface area contributed by atoms with Crippen LogP contribution in [0.3, 0.4) is 0 Å². The van der Waals surface area contributed by atoms with Crippen LogP contribution in [-0.2, 0) is 22.5 Å². The SMILES string of the molecule is CCOC(=O)C1Cc2ccccc2CN1c1ccc(Oc2c(F)cnc(Oc3cc(C(=N)N)ccc3O)c2F)c(C2N=CCN2C)c1. The lowest BCUT2D eigenvalue weighted by Gasteiger charge is -2.37. The molecule has 4 aromatic rings. The van der Waals surface area contributed by atoms with Gasteiger partial charge in [-0.1, -0.05) is 24.3 Å². The van der Waals surface area contributed by atoms with Crippen LogP contribution in [0.1, 0.15) is 35.3 Å². The predicted octanol–water partition coefficient (Wildman–Crippen LogP) is 5.44. The van der Waals surface area contributed by atoms with Gasteiger partial charge in [0, 0.05) is 42.5 Å². The molecule has 0 aliphatic carbocycles. The van der Waals surface area contributed by atoms with Crippen LogP contribution in [0.4, 0.5) is 14.5 Å². The Morgan fingerprint density at radius 1 is 1.09 bits per heavy atom. The number of aromatic nitrogens is 1. The number of phenols is 1. The Hall–Kier alpha value is -5.56. The summed E-state index contributed by atoms with van der Waals surface area (Å²) in [4.78, 5) is 25.3. The summed E-state index contributed by atoms with van der Waals surface area (Å²) in [5.41, 5.74) is 9.05. The quantitative estimate of drug-likeness (QED) is 0.123. The van der Waals surface area contributed by atoms with Crippen molar-refractivity contribution in [2.24, 2.45) is 10.7 Å². The van der Waals surface area contributed by atoms with Gasteiger partial charge in [-0.25, -0.2) is 14.2 Å². The highest BCUT2D eigenvalue weighted by molar-refractivity contribution is 5.95. The maximum absolute atomic E-state index is 15.8. The predicted molar refractivity (Wildman–Crippen MR) is 170 cm³/mol. The van der Waals surface area contributed by atoms with Gasteiger partial charge in [-0.05, 0) is 61.5 Å². The van der Waals surface area contributed by atoms with Crippen LogP contribution < -0.4 is 20.1 Å². The Morgan fingerprint density at radius 2 is 1.87 bits per heavy atom. The summed E-state index contributed by atoms with van der Waals surface area (Å²) in [5.74, 6) is -4.96. The summed E-state index contributed by atoms with van der Waals surface area (Å²) in [6.45, 7) is 2.97. The number of ether oxygens (including phenoxy) is 3. The van der Waals surface area contributed by atoms with Crippen molar-refractivity contribution in [3.05, 3.63) is 101 Å². The van der Waals surface area contributed by atoms with Crippen molar-refractivity contribution in [3.63, 3.8) is 0 Å². The van der Waals surface area contributed by atoms with Crippen LogP contribution in [0.5, 0.6) is 28.9 Å². The Kier molecular flexibility index (Phi) is 8.72. The fourth-order valence-corrected chi connectivity index (χ4v) is 5.63. The molecule has 13 heteroatoms. The number of nitrogen functional groups attached to an aromatic ring is 1. The molecule has 0 saturated carbocycles. The van der Waals surface area contributed by atoms with E-state index in [0.717, 1.165) is 17.3 Å². The summed E-state index contributed by atoms with van der Waals surface area (Å²) in [6.07, 6.45) is 2.38. The number of benzene rings is 3. The lowest BCUT2D eigenvalue weighted by atomic mass is 9.93. The van der Waals surface area contributed by atoms with Gasteiger partial charge in [0.15, 0.2) is 17.3 Å². The highest BCUT2D eigenvalue weighted by Gasteiger charge is 2.34. The smallest absolute Gasteiger partial charge is 0.329 e. The molecule has 0 fully saturated rings. The summed E-state index contributed by atoms with van der Waals surface area (Å²) >= 11 is 0. The molecule has 0 spiro atoms. The molecular weight excluding hydrogens is 610 g/mol. The molecule has 3 aromatic carbocycles. The van der Waals surface area contributed by atoms with E-state index in [9.17, 15) is 9.90 Å². The molecule has 0 amide bonds. The van der Waals surface area contributed by atoms with Gasteiger partial charge >= 0.3 is 5.97 Å². The molecule has 0 bridgehead atoms. The first-order chi connectivity index (χ1) is 22.6. The van der Waals surface area contributed by atoms with Crippen molar-refractivity contribution in [2.75, 3.05) is 25.1 Å². The van der Waals surface area contributed by atoms with Gasteiger partial charge < -0.3 is 30.0 Å². The second-order valence-electron chi connectivity index (χ2n) is 11.1. The average Bonchev–Trinajstić information content (AvgIpc) is 3.50. The zero-order chi connectivity index (χ0) is 33.2. The molecule has 4 N–H and O–H groups in total. The molecule has 2 atom stereocenters. The summed E-state index contributed by atoms with van der Waals surface area (Å²) in [6, 6.07) is 16.3. The molecule has 11 nitrogen and oxygen atoms in total. The fraction of sp³-hybridized carbons (Fsp3) is 0.235. The molecule has 0 radical (unpaired) electrons. The highest BCUT2D eigenvalue weighted by Crippen LogP contribution is 2.42. The third-order valence-corrected chi connectivity index (χ3v) is 8.03. The minimum Gasteiger partial charge on any atom is -0.504 e. The van der Waals surface area contributed by atoms with Crippen LogP contribution in [0.25, 0.3) is 0 Å². The van der Waals surface area contributed by atoms with Crippen molar-refractivity contribution in [1.82, 2.24) is 9.88 Å². The van der Waals surface area contributed by atoms with Crippen LogP contribution >= 0.6 is 0 Å². The normalized spacial score (nSPS) is 17.3. The Balaban J connectivity index is 1.38. The molecule has 2 aliphatic heterocycles. The number of carbonyl (C=O) groups is 1. The number of nitrogens with one attached hydrogen (secondary N) is 1. The number of phenolic OH excluding ortho intramolecular Hbond substituents is 1. The molecule has 0 saturated heterocycles. The minimum atomic E-state index is -1.26. The average molecular weight is 643 g/mol. The first-order valence-corrected chi connectivity index (χ1v) is 14.9. The third kappa shape index (κ3) is 6.29. The van der Waals surface area contributed by atoms with Crippen molar-refractivity contribution in [2.45, 2.75) is 32.1 Å². The Labute approximate surface area is 269 Å². The van der Waals surface area contributed by atoms with Gasteiger partial charge in [-0.15, -0.1) is 0 Å². The van der Waals surface area contributed by atoms with Crippen molar-refractivity contribution >= 4 is 23.7 Å². The molecule has 3 heterocycles. The van der Waals surface area contributed by atoms with E-state index in [1.54, 1.807) is 31.3 Å².